The minimum atomic E-state index is 0.383. The summed E-state index contributed by atoms with van der Waals surface area (Å²) in [6.07, 6.45) is 5.27. The summed E-state index contributed by atoms with van der Waals surface area (Å²) in [5.41, 5.74) is 0. The van der Waals surface area contributed by atoms with Crippen molar-refractivity contribution in [3.05, 3.63) is 21.3 Å². The fourth-order valence-corrected chi connectivity index (χ4v) is 3.58. The molecule has 0 amide bonds. The van der Waals surface area contributed by atoms with Crippen LogP contribution in [0.15, 0.2) is 12.1 Å². The Morgan fingerprint density at radius 2 is 2.29 bits per heavy atom. The van der Waals surface area contributed by atoms with Gasteiger partial charge >= 0.3 is 0 Å². The number of halogens is 1. The summed E-state index contributed by atoms with van der Waals surface area (Å²) >= 11 is 7.63. The molecule has 0 spiro atoms. The van der Waals surface area contributed by atoms with Gasteiger partial charge in [0.15, 0.2) is 0 Å². The van der Waals surface area contributed by atoms with E-state index in [4.69, 9.17) is 16.3 Å². The maximum Gasteiger partial charge on any atom is 0.0931 e. The topological polar surface area (TPSA) is 21.3 Å². The van der Waals surface area contributed by atoms with E-state index in [0.717, 1.165) is 10.8 Å². The molecule has 1 aliphatic rings. The molecule has 2 nitrogen and oxygen atoms in total. The Morgan fingerprint density at radius 3 is 2.94 bits per heavy atom. The molecular formula is C13H20ClNOS. The molecule has 0 aliphatic heterocycles. The summed E-state index contributed by atoms with van der Waals surface area (Å²) in [6, 6.07) is 5.04. The first kappa shape index (κ1) is 13.3. The number of hydrogen-bond donors (Lipinski definition) is 1. The Balaban J connectivity index is 1.87. The number of nitrogens with one attached hydrogen (secondary N) is 1. The number of hydrogen-bond acceptors (Lipinski definition) is 3. The van der Waals surface area contributed by atoms with Crippen molar-refractivity contribution in [3.63, 3.8) is 0 Å². The van der Waals surface area contributed by atoms with E-state index in [0.29, 0.717) is 18.2 Å². The molecule has 1 heterocycles. The van der Waals surface area contributed by atoms with Crippen molar-refractivity contribution >= 4 is 22.9 Å². The van der Waals surface area contributed by atoms with Gasteiger partial charge < -0.3 is 10.1 Å². The highest BCUT2D eigenvalue weighted by molar-refractivity contribution is 7.16. The average Bonchev–Trinajstić information content (AvgIpc) is 2.76. The minimum Gasteiger partial charge on any atom is -0.381 e. The third kappa shape index (κ3) is 3.68. The summed E-state index contributed by atoms with van der Waals surface area (Å²) in [6.45, 7) is 2.21. The van der Waals surface area contributed by atoms with Crippen LogP contribution in [-0.4, -0.2) is 19.3 Å². The minimum absolute atomic E-state index is 0.383. The lowest BCUT2D eigenvalue weighted by Crippen LogP contribution is -2.37. The molecule has 96 valence electrons. The van der Waals surface area contributed by atoms with E-state index in [1.165, 1.54) is 24.1 Å². The van der Waals surface area contributed by atoms with E-state index in [2.05, 4.69) is 18.3 Å². The number of ether oxygens (including phenoxy) is 1. The van der Waals surface area contributed by atoms with Crippen LogP contribution in [0.2, 0.25) is 4.34 Å². The van der Waals surface area contributed by atoms with Gasteiger partial charge in [0.25, 0.3) is 0 Å². The first-order valence-electron chi connectivity index (χ1n) is 6.23. The van der Waals surface area contributed by atoms with Gasteiger partial charge in [-0.05, 0) is 44.7 Å². The zero-order chi connectivity index (χ0) is 12.3. The second kappa shape index (κ2) is 6.19. The van der Waals surface area contributed by atoms with E-state index < -0.39 is 0 Å². The molecule has 1 fully saturated rings. The van der Waals surface area contributed by atoms with Crippen molar-refractivity contribution in [2.24, 2.45) is 0 Å². The Hall–Kier alpha value is -0.0900. The molecule has 1 aromatic heterocycles. The lowest BCUT2D eigenvalue weighted by molar-refractivity contribution is 0.0573. The predicted molar refractivity (Wildman–Crippen MR) is 73.9 cm³/mol. The van der Waals surface area contributed by atoms with Crippen molar-refractivity contribution in [1.82, 2.24) is 5.32 Å². The van der Waals surface area contributed by atoms with Gasteiger partial charge in [-0.3, -0.25) is 0 Å². The standard InChI is InChI=1S/C13H20ClNOS/c1-9(12-6-7-13(14)17-12)15-10-4-3-5-11(8-10)16-2/h6-7,9-11,15H,3-5,8H2,1-2H3. The van der Waals surface area contributed by atoms with Gasteiger partial charge in [-0.2, -0.15) is 0 Å². The van der Waals surface area contributed by atoms with Crippen LogP contribution >= 0.6 is 22.9 Å². The average molecular weight is 274 g/mol. The molecule has 1 aliphatic carbocycles. The highest BCUT2D eigenvalue weighted by Crippen LogP contribution is 2.29. The van der Waals surface area contributed by atoms with Crippen molar-refractivity contribution < 1.29 is 4.74 Å². The largest absolute Gasteiger partial charge is 0.381 e. The Morgan fingerprint density at radius 1 is 1.47 bits per heavy atom. The van der Waals surface area contributed by atoms with E-state index in [1.54, 1.807) is 11.3 Å². The van der Waals surface area contributed by atoms with Crippen LogP contribution in [0.25, 0.3) is 0 Å². The first-order chi connectivity index (χ1) is 8.19. The molecular weight excluding hydrogens is 254 g/mol. The van der Waals surface area contributed by atoms with Crippen LogP contribution in [-0.2, 0) is 4.74 Å². The molecule has 0 saturated heterocycles. The predicted octanol–water partition coefficient (Wildman–Crippen LogP) is 4.01. The van der Waals surface area contributed by atoms with Crippen molar-refractivity contribution in [2.45, 2.75) is 50.8 Å². The Labute approximate surface area is 112 Å². The van der Waals surface area contributed by atoms with Crippen molar-refractivity contribution in [3.8, 4) is 0 Å². The lowest BCUT2D eigenvalue weighted by Gasteiger charge is -2.30. The van der Waals surface area contributed by atoms with Crippen LogP contribution in [0.5, 0.6) is 0 Å². The first-order valence-corrected chi connectivity index (χ1v) is 7.42. The van der Waals surface area contributed by atoms with Crippen LogP contribution < -0.4 is 5.32 Å². The number of thiophene rings is 1. The van der Waals surface area contributed by atoms with Crippen LogP contribution in [0.3, 0.4) is 0 Å². The Bertz CT molecular complexity index is 355. The molecule has 1 N–H and O–H groups in total. The molecule has 0 radical (unpaired) electrons. The molecule has 0 bridgehead atoms. The monoisotopic (exact) mass is 273 g/mol. The fraction of sp³-hybridized carbons (Fsp3) is 0.692. The zero-order valence-corrected chi connectivity index (χ0v) is 12.0. The molecule has 0 aromatic carbocycles. The van der Waals surface area contributed by atoms with Crippen LogP contribution in [0.1, 0.15) is 43.5 Å². The van der Waals surface area contributed by atoms with Gasteiger partial charge in [0, 0.05) is 24.1 Å². The SMILES string of the molecule is COC1CCCC(NC(C)c2ccc(Cl)s2)C1. The van der Waals surface area contributed by atoms with Gasteiger partial charge in [0.1, 0.15) is 0 Å². The van der Waals surface area contributed by atoms with Gasteiger partial charge in [0.2, 0.25) is 0 Å². The summed E-state index contributed by atoms with van der Waals surface area (Å²) in [5.74, 6) is 0. The third-order valence-electron chi connectivity index (χ3n) is 3.47. The van der Waals surface area contributed by atoms with Gasteiger partial charge in [-0.1, -0.05) is 11.6 Å². The van der Waals surface area contributed by atoms with Gasteiger partial charge in [-0.15, -0.1) is 11.3 Å². The van der Waals surface area contributed by atoms with Crippen LogP contribution in [0, 0.1) is 0 Å². The van der Waals surface area contributed by atoms with E-state index >= 15 is 0 Å². The van der Waals surface area contributed by atoms with Gasteiger partial charge in [-0.25, -0.2) is 0 Å². The molecule has 1 aromatic rings. The smallest absolute Gasteiger partial charge is 0.0931 e. The number of rotatable bonds is 4. The molecule has 17 heavy (non-hydrogen) atoms. The molecule has 1 saturated carbocycles. The summed E-state index contributed by atoms with van der Waals surface area (Å²) in [4.78, 5) is 1.31. The molecule has 3 atom stereocenters. The van der Waals surface area contributed by atoms with Gasteiger partial charge in [0.05, 0.1) is 10.4 Å². The van der Waals surface area contributed by atoms with E-state index in [9.17, 15) is 0 Å². The maximum atomic E-state index is 5.96. The summed E-state index contributed by atoms with van der Waals surface area (Å²) in [5, 5.41) is 3.68. The van der Waals surface area contributed by atoms with Crippen LogP contribution in [0.4, 0.5) is 0 Å². The van der Waals surface area contributed by atoms with E-state index in [1.807, 2.05) is 13.2 Å². The third-order valence-corrected chi connectivity index (χ3v) is 4.88. The highest BCUT2D eigenvalue weighted by Gasteiger charge is 2.23. The zero-order valence-electron chi connectivity index (χ0n) is 10.4. The van der Waals surface area contributed by atoms with Crippen molar-refractivity contribution in [2.75, 3.05) is 7.11 Å². The Kier molecular flexibility index (Phi) is 4.86. The highest BCUT2D eigenvalue weighted by atomic mass is 35.5. The molecule has 2 rings (SSSR count). The fourth-order valence-electron chi connectivity index (χ4n) is 2.51. The maximum absolute atomic E-state index is 5.96. The lowest BCUT2D eigenvalue weighted by atomic mass is 9.92. The summed E-state index contributed by atoms with van der Waals surface area (Å²) in [7, 11) is 1.81. The van der Waals surface area contributed by atoms with Crippen molar-refractivity contribution in [1.29, 1.82) is 0 Å². The summed E-state index contributed by atoms with van der Waals surface area (Å²) < 4.78 is 6.32. The second-order valence-corrected chi connectivity index (χ2v) is 6.50. The molecule has 3 unspecified atom stereocenters. The molecule has 4 heteroatoms. The normalized spacial score (nSPS) is 27.0. The van der Waals surface area contributed by atoms with E-state index in [-0.39, 0.29) is 0 Å². The quantitative estimate of drug-likeness (QED) is 0.895. The number of methoxy groups -OCH3 is 1. The second-order valence-electron chi connectivity index (χ2n) is 4.75.